The number of benzene rings is 3. The normalized spacial score (nSPS) is 10.5. The Hall–Kier alpha value is -3.52. The van der Waals surface area contributed by atoms with Gasteiger partial charge in [-0.3, -0.25) is 0 Å². The van der Waals surface area contributed by atoms with Crippen LogP contribution < -0.4 is 4.74 Å². The van der Waals surface area contributed by atoms with Crippen molar-refractivity contribution >= 4 is 21.9 Å². The van der Waals surface area contributed by atoms with Crippen LogP contribution in [-0.4, -0.2) is 17.1 Å². The van der Waals surface area contributed by atoms with E-state index in [1.807, 2.05) is 49.6 Å². The Morgan fingerprint density at radius 2 is 1.73 bits per heavy atom. The highest BCUT2D eigenvalue weighted by Crippen LogP contribution is 2.36. The van der Waals surface area contributed by atoms with Gasteiger partial charge in [0.05, 0.1) is 17.9 Å². The number of carbonyl (C=O) groups excluding carboxylic acids is 1. The summed E-state index contributed by atoms with van der Waals surface area (Å²) in [5.41, 5.74) is 3.21. The fourth-order valence-corrected chi connectivity index (χ4v) is 4.14. The van der Waals surface area contributed by atoms with E-state index in [2.05, 4.69) is 15.9 Å². The lowest BCUT2D eigenvalue weighted by molar-refractivity contribution is 0.0526. The van der Waals surface area contributed by atoms with Crippen LogP contribution in [0.5, 0.6) is 5.75 Å². The van der Waals surface area contributed by atoms with Crippen LogP contribution in [0.4, 0.5) is 13.2 Å². The fourth-order valence-electron chi connectivity index (χ4n) is 3.78. The maximum Gasteiger partial charge on any atom is 0.338 e. The molecule has 37 heavy (non-hydrogen) atoms. The topological polar surface area (TPSA) is 40.5 Å². The van der Waals surface area contributed by atoms with Crippen LogP contribution in [0.3, 0.4) is 0 Å². The highest BCUT2D eigenvalue weighted by molar-refractivity contribution is 9.10. The second-order valence-corrected chi connectivity index (χ2v) is 8.67. The van der Waals surface area contributed by atoms with Gasteiger partial charge in [0.1, 0.15) is 18.2 Å². The van der Waals surface area contributed by atoms with Crippen molar-refractivity contribution in [3.05, 3.63) is 105 Å². The third kappa shape index (κ3) is 6.43. The number of carbonyl (C=O) groups is 1. The van der Waals surface area contributed by atoms with Gasteiger partial charge in [0.15, 0.2) is 11.6 Å². The highest BCUT2D eigenvalue weighted by Gasteiger charge is 2.18. The summed E-state index contributed by atoms with van der Waals surface area (Å²) in [6.45, 7) is 7.57. The van der Waals surface area contributed by atoms with E-state index in [0.717, 1.165) is 27.6 Å². The van der Waals surface area contributed by atoms with Crippen molar-refractivity contribution in [3.63, 3.8) is 0 Å². The lowest BCUT2D eigenvalue weighted by atomic mass is 10.1. The lowest BCUT2D eigenvalue weighted by Gasteiger charge is -2.17. The summed E-state index contributed by atoms with van der Waals surface area (Å²) < 4.78 is 55.1. The van der Waals surface area contributed by atoms with Crippen molar-refractivity contribution in [2.75, 3.05) is 6.61 Å². The minimum absolute atomic E-state index is 0.231. The first-order valence-electron chi connectivity index (χ1n) is 11.8. The minimum Gasteiger partial charge on any atom is -0.488 e. The van der Waals surface area contributed by atoms with Gasteiger partial charge in [-0.15, -0.1) is 0 Å². The molecule has 0 spiro atoms. The van der Waals surface area contributed by atoms with Gasteiger partial charge in [-0.05, 0) is 68.4 Å². The summed E-state index contributed by atoms with van der Waals surface area (Å²) in [5, 5.41) is 0. The maximum absolute atomic E-state index is 14.1. The molecule has 194 valence electrons. The number of hydrogen-bond donors (Lipinski definition) is 0. The first kappa shape index (κ1) is 28.1. The van der Waals surface area contributed by atoms with Crippen molar-refractivity contribution in [3.8, 4) is 22.7 Å². The number of rotatable bonds is 7. The highest BCUT2D eigenvalue weighted by atomic mass is 79.9. The Labute approximate surface area is 222 Å². The van der Waals surface area contributed by atoms with Gasteiger partial charge in [0.25, 0.3) is 0 Å². The number of aromatic nitrogens is 1. The van der Waals surface area contributed by atoms with Crippen LogP contribution in [0, 0.1) is 24.4 Å². The number of halogens is 4. The predicted octanol–water partition coefficient (Wildman–Crippen LogP) is 8.41. The standard InChI is InChI=1S/C27H21BrF3NO3.C2H6/c1-3-34-27(33)17-5-4-6-21(12-17)32-16(2)7-9-24(32)22-13-19(28)8-10-25(22)35-15-18-11-20(29)14-23(30)26(18)31;1-2/h4-14H,3,15H2,1-2H3;1-2H3. The second-order valence-electron chi connectivity index (χ2n) is 7.76. The second kappa shape index (κ2) is 12.6. The lowest BCUT2D eigenvalue weighted by Crippen LogP contribution is -2.07. The van der Waals surface area contributed by atoms with Crippen LogP contribution in [0.1, 0.15) is 42.4 Å². The third-order valence-electron chi connectivity index (χ3n) is 5.36. The van der Waals surface area contributed by atoms with Crippen LogP contribution in [0.2, 0.25) is 0 Å². The van der Waals surface area contributed by atoms with Gasteiger partial charge in [-0.1, -0.05) is 35.8 Å². The Morgan fingerprint density at radius 3 is 2.46 bits per heavy atom. The first-order valence-corrected chi connectivity index (χ1v) is 12.6. The van der Waals surface area contributed by atoms with E-state index in [1.165, 1.54) is 0 Å². The Balaban J connectivity index is 0.00000186. The molecule has 4 nitrogen and oxygen atoms in total. The molecule has 0 N–H and O–H groups in total. The summed E-state index contributed by atoms with van der Waals surface area (Å²) in [7, 11) is 0. The van der Waals surface area contributed by atoms with Crippen molar-refractivity contribution in [1.82, 2.24) is 4.57 Å². The van der Waals surface area contributed by atoms with E-state index in [-0.39, 0.29) is 18.8 Å². The third-order valence-corrected chi connectivity index (χ3v) is 5.85. The average molecular weight is 574 g/mol. The van der Waals surface area contributed by atoms with Gasteiger partial charge < -0.3 is 14.0 Å². The molecular weight excluding hydrogens is 547 g/mol. The summed E-state index contributed by atoms with van der Waals surface area (Å²) in [5.74, 6) is -3.34. The Bertz CT molecular complexity index is 1400. The van der Waals surface area contributed by atoms with Gasteiger partial charge in [0, 0.05) is 33.0 Å². The molecule has 0 saturated carbocycles. The average Bonchev–Trinajstić information content (AvgIpc) is 3.28. The fraction of sp³-hybridized carbons (Fsp3) is 0.207. The smallest absolute Gasteiger partial charge is 0.338 e. The molecule has 4 rings (SSSR count). The molecule has 8 heteroatoms. The molecule has 1 aromatic heterocycles. The van der Waals surface area contributed by atoms with Crippen molar-refractivity contribution in [2.24, 2.45) is 0 Å². The quantitative estimate of drug-likeness (QED) is 0.164. The zero-order chi connectivity index (χ0) is 27.1. The monoisotopic (exact) mass is 573 g/mol. The number of esters is 1. The number of hydrogen-bond acceptors (Lipinski definition) is 3. The molecule has 0 atom stereocenters. The minimum atomic E-state index is -1.27. The van der Waals surface area contributed by atoms with Gasteiger partial charge in [-0.2, -0.15) is 0 Å². The summed E-state index contributed by atoms with van der Waals surface area (Å²) in [4.78, 5) is 12.3. The molecule has 1 heterocycles. The van der Waals surface area contributed by atoms with Gasteiger partial charge in [0.2, 0.25) is 0 Å². The Morgan fingerprint density at radius 1 is 0.973 bits per heavy atom. The van der Waals surface area contributed by atoms with Crippen LogP contribution in [-0.2, 0) is 11.3 Å². The molecule has 4 aromatic rings. The first-order chi connectivity index (χ1) is 17.8. The predicted molar refractivity (Wildman–Crippen MR) is 142 cm³/mol. The molecule has 0 saturated heterocycles. The van der Waals surface area contributed by atoms with E-state index in [0.29, 0.717) is 22.9 Å². The maximum atomic E-state index is 14.1. The zero-order valence-electron chi connectivity index (χ0n) is 20.9. The van der Waals surface area contributed by atoms with E-state index in [1.54, 1.807) is 37.3 Å². The Kier molecular flexibility index (Phi) is 9.58. The van der Waals surface area contributed by atoms with Crippen molar-refractivity contribution < 1.29 is 27.4 Å². The molecular formula is C29H27BrF3NO3. The van der Waals surface area contributed by atoms with Crippen molar-refractivity contribution in [2.45, 2.75) is 34.3 Å². The molecule has 0 unspecified atom stereocenters. The summed E-state index contributed by atoms with van der Waals surface area (Å²) in [6.07, 6.45) is 0. The van der Waals surface area contributed by atoms with Gasteiger partial charge in [-0.25, -0.2) is 18.0 Å². The van der Waals surface area contributed by atoms with Crippen LogP contribution in [0.25, 0.3) is 16.9 Å². The molecule has 0 aliphatic carbocycles. The molecule has 0 bridgehead atoms. The van der Waals surface area contributed by atoms with Gasteiger partial charge >= 0.3 is 5.97 Å². The largest absolute Gasteiger partial charge is 0.488 e. The molecule has 0 aliphatic heterocycles. The molecule has 3 aromatic carbocycles. The number of ether oxygens (including phenoxy) is 2. The molecule has 0 amide bonds. The summed E-state index contributed by atoms with van der Waals surface area (Å²) in [6, 6.07) is 17.5. The molecule has 0 radical (unpaired) electrons. The van der Waals surface area contributed by atoms with E-state index in [9.17, 15) is 18.0 Å². The van der Waals surface area contributed by atoms with Crippen LogP contribution in [0.15, 0.2) is 71.2 Å². The number of aryl methyl sites for hydroxylation is 1. The molecule has 0 aliphatic rings. The SMILES string of the molecule is CC.CCOC(=O)c1cccc(-n2c(C)ccc2-c2cc(Br)ccc2OCc2cc(F)cc(F)c2F)c1. The molecule has 0 fully saturated rings. The van der Waals surface area contributed by atoms with E-state index in [4.69, 9.17) is 9.47 Å². The van der Waals surface area contributed by atoms with Crippen LogP contribution >= 0.6 is 15.9 Å². The number of nitrogens with zero attached hydrogens (tertiary/aromatic N) is 1. The van der Waals surface area contributed by atoms with Crippen molar-refractivity contribution in [1.29, 1.82) is 0 Å². The summed E-state index contributed by atoms with van der Waals surface area (Å²) >= 11 is 3.47. The van der Waals surface area contributed by atoms with E-state index < -0.39 is 23.4 Å². The van der Waals surface area contributed by atoms with E-state index >= 15 is 0 Å². The zero-order valence-corrected chi connectivity index (χ0v) is 22.5.